The van der Waals surface area contributed by atoms with Gasteiger partial charge in [-0.1, -0.05) is 41.0 Å². The van der Waals surface area contributed by atoms with Gasteiger partial charge in [0.25, 0.3) is 0 Å². The van der Waals surface area contributed by atoms with Crippen LogP contribution in [0, 0.1) is 0 Å². The molecule has 1 nitrogen and oxygen atoms in total. The first kappa shape index (κ1) is 13.7. The Morgan fingerprint density at radius 1 is 1.25 bits per heavy atom. The lowest BCUT2D eigenvalue weighted by molar-refractivity contribution is 0.516. The van der Waals surface area contributed by atoms with E-state index < -0.39 is 0 Å². The fraction of sp³-hybridized carbons (Fsp3) is 0.714. The molecule has 0 radical (unpaired) electrons. The lowest BCUT2D eigenvalue weighted by atomic mass is 9.95. The van der Waals surface area contributed by atoms with E-state index in [2.05, 4.69) is 52.1 Å². The van der Waals surface area contributed by atoms with E-state index in [1.165, 1.54) is 22.6 Å². The third kappa shape index (κ3) is 3.60. The molecular formula is C14H25NS. The van der Waals surface area contributed by atoms with E-state index in [9.17, 15) is 0 Å². The molecule has 16 heavy (non-hydrogen) atoms. The molecule has 1 atom stereocenters. The Bertz CT molecular complexity index is 303. The monoisotopic (exact) mass is 239 g/mol. The molecule has 0 fully saturated rings. The van der Waals surface area contributed by atoms with Gasteiger partial charge in [-0.3, -0.25) is 0 Å². The van der Waals surface area contributed by atoms with Gasteiger partial charge in [0.2, 0.25) is 0 Å². The van der Waals surface area contributed by atoms with Gasteiger partial charge < -0.3 is 5.32 Å². The van der Waals surface area contributed by atoms with Crippen LogP contribution in [0.2, 0.25) is 0 Å². The summed E-state index contributed by atoms with van der Waals surface area (Å²) in [6, 6.07) is 5.14. The summed E-state index contributed by atoms with van der Waals surface area (Å²) >= 11 is 1.97. The molecule has 1 unspecified atom stereocenters. The van der Waals surface area contributed by atoms with Gasteiger partial charge in [0, 0.05) is 15.8 Å². The summed E-state index contributed by atoms with van der Waals surface area (Å²) in [5.74, 6) is 0. The van der Waals surface area contributed by atoms with Crippen molar-refractivity contribution in [2.45, 2.75) is 58.9 Å². The molecule has 0 aliphatic carbocycles. The number of rotatable bonds is 5. The number of hydrogen-bond donors (Lipinski definition) is 1. The van der Waals surface area contributed by atoms with Gasteiger partial charge in [-0.2, -0.15) is 0 Å². The minimum Gasteiger partial charge on any atom is -0.310 e. The summed E-state index contributed by atoms with van der Waals surface area (Å²) < 4.78 is 0. The Morgan fingerprint density at radius 2 is 1.94 bits per heavy atom. The average Bonchev–Trinajstić information content (AvgIpc) is 2.65. The van der Waals surface area contributed by atoms with Crippen LogP contribution in [0.15, 0.2) is 12.1 Å². The van der Waals surface area contributed by atoms with Gasteiger partial charge in [0.1, 0.15) is 0 Å². The van der Waals surface area contributed by atoms with E-state index in [0.717, 1.165) is 6.54 Å². The number of thiophene rings is 1. The standard InChI is InChI=1S/C14H25NS/c1-6-8-11(15-7-2)12-9-10-13(16-12)14(3,4)5/h9-11,15H,6-8H2,1-5H3. The quantitative estimate of drug-likeness (QED) is 0.798. The zero-order valence-corrected chi connectivity index (χ0v) is 12.1. The maximum atomic E-state index is 3.58. The van der Waals surface area contributed by atoms with Gasteiger partial charge in [-0.05, 0) is 30.5 Å². The Balaban J connectivity index is 2.81. The van der Waals surface area contributed by atoms with Gasteiger partial charge in [-0.25, -0.2) is 0 Å². The smallest absolute Gasteiger partial charge is 0.0414 e. The average molecular weight is 239 g/mol. The fourth-order valence-electron chi connectivity index (χ4n) is 1.82. The number of nitrogens with one attached hydrogen (secondary N) is 1. The maximum absolute atomic E-state index is 3.58. The van der Waals surface area contributed by atoms with E-state index in [-0.39, 0.29) is 5.41 Å². The summed E-state index contributed by atoms with van der Waals surface area (Å²) in [4.78, 5) is 2.98. The van der Waals surface area contributed by atoms with Crippen molar-refractivity contribution < 1.29 is 0 Å². The molecule has 1 rings (SSSR count). The Morgan fingerprint density at radius 3 is 2.38 bits per heavy atom. The molecular weight excluding hydrogens is 214 g/mol. The SMILES string of the molecule is CCCC(NCC)c1ccc(C(C)(C)C)s1. The molecule has 1 heterocycles. The first-order valence-corrected chi connectivity index (χ1v) is 7.14. The highest BCUT2D eigenvalue weighted by molar-refractivity contribution is 7.12. The Labute approximate surface area is 104 Å². The van der Waals surface area contributed by atoms with Gasteiger partial charge in [0.15, 0.2) is 0 Å². The minimum atomic E-state index is 0.284. The summed E-state index contributed by atoms with van der Waals surface area (Å²) in [5, 5.41) is 3.58. The zero-order valence-electron chi connectivity index (χ0n) is 11.3. The van der Waals surface area contributed by atoms with Crippen molar-refractivity contribution in [3.63, 3.8) is 0 Å². The number of hydrogen-bond acceptors (Lipinski definition) is 2. The van der Waals surface area contributed by atoms with Crippen LogP contribution in [-0.4, -0.2) is 6.54 Å². The first-order valence-electron chi connectivity index (χ1n) is 6.32. The molecule has 0 saturated carbocycles. The predicted molar refractivity (Wildman–Crippen MR) is 74.3 cm³/mol. The Kier molecular flexibility index (Phi) is 5.00. The normalized spacial score (nSPS) is 14.1. The predicted octanol–water partition coefficient (Wildman–Crippen LogP) is 4.50. The van der Waals surface area contributed by atoms with Crippen LogP contribution >= 0.6 is 11.3 Å². The van der Waals surface area contributed by atoms with Crippen molar-refractivity contribution in [3.8, 4) is 0 Å². The lowest BCUT2D eigenvalue weighted by Gasteiger charge is -2.17. The fourth-order valence-corrected chi connectivity index (χ4v) is 3.00. The van der Waals surface area contributed by atoms with Gasteiger partial charge >= 0.3 is 0 Å². The first-order chi connectivity index (χ1) is 7.49. The van der Waals surface area contributed by atoms with Crippen molar-refractivity contribution in [1.82, 2.24) is 5.32 Å². The third-order valence-corrected chi connectivity index (χ3v) is 4.36. The van der Waals surface area contributed by atoms with Crippen LogP contribution < -0.4 is 5.32 Å². The molecule has 0 aliphatic rings. The summed E-state index contributed by atoms with van der Waals surface area (Å²) in [6.45, 7) is 12.3. The molecule has 92 valence electrons. The molecule has 1 N–H and O–H groups in total. The highest BCUT2D eigenvalue weighted by Crippen LogP contribution is 2.33. The minimum absolute atomic E-state index is 0.284. The third-order valence-electron chi connectivity index (χ3n) is 2.74. The molecule has 0 spiro atoms. The lowest BCUT2D eigenvalue weighted by Crippen LogP contribution is -2.19. The molecule has 0 saturated heterocycles. The van der Waals surface area contributed by atoms with Crippen LogP contribution in [0.3, 0.4) is 0 Å². The van der Waals surface area contributed by atoms with E-state index >= 15 is 0 Å². The van der Waals surface area contributed by atoms with Gasteiger partial charge in [-0.15, -0.1) is 11.3 Å². The molecule has 0 bridgehead atoms. The van der Waals surface area contributed by atoms with Crippen molar-refractivity contribution in [1.29, 1.82) is 0 Å². The molecule has 0 amide bonds. The summed E-state index contributed by atoms with van der Waals surface area (Å²) in [6.07, 6.45) is 2.47. The van der Waals surface area contributed by atoms with Crippen molar-refractivity contribution in [3.05, 3.63) is 21.9 Å². The molecule has 1 aromatic heterocycles. The second-order valence-corrected chi connectivity index (χ2v) is 6.47. The highest BCUT2D eigenvalue weighted by atomic mass is 32.1. The summed E-state index contributed by atoms with van der Waals surface area (Å²) in [7, 11) is 0. The molecule has 0 aliphatic heterocycles. The topological polar surface area (TPSA) is 12.0 Å². The second kappa shape index (κ2) is 5.83. The zero-order chi connectivity index (χ0) is 12.2. The van der Waals surface area contributed by atoms with Crippen LogP contribution in [0.25, 0.3) is 0 Å². The molecule has 1 aromatic rings. The molecule has 0 aromatic carbocycles. The van der Waals surface area contributed by atoms with Crippen molar-refractivity contribution in [2.75, 3.05) is 6.54 Å². The Hall–Kier alpha value is -0.340. The maximum Gasteiger partial charge on any atom is 0.0414 e. The highest BCUT2D eigenvalue weighted by Gasteiger charge is 2.18. The largest absolute Gasteiger partial charge is 0.310 e. The van der Waals surface area contributed by atoms with Crippen LogP contribution in [0.1, 0.15) is 63.3 Å². The van der Waals surface area contributed by atoms with E-state index in [1.807, 2.05) is 11.3 Å². The van der Waals surface area contributed by atoms with E-state index in [1.54, 1.807) is 0 Å². The van der Waals surface area contributed by atoms with E-state index in [4.69, 9.17) is 0 Å². The van der Waals surface area contributed by atoms with Crippen molar-refractivity contribution >= 4 is 11.3 Å². The van der Waals surface area contributed by atoms with Gasteiger partial charge in [0.05, 0.1) is 0 Å². The van der Waals surface area contributed by atoms with Crippen LogP contribution in [-0.2, 0) is 5.41 Å². The van der Waals surface area contributed by atoms with E-state index in [0.29, 0.717) is 6.04 Å². The van der Waals surface area contributed by atoms with Crippen molar-refractivity contribution in [2.24, 2.45) is 0 Å². The van der Waals surface area contributed by atoms with Crippen LogP contribution in [0.4, 0.5) is 0 Å². The summed E-state index contributed by atoms with van der Waals surface area (Å²) in [5.41, 5.74) is 0.284. The second-order valence-electron chi connectivity index (χ2n) is 5.35. The molecule has 2 heteroatoms. The van der Waals surface area contributed by atoms with Crippen LogP contribution in [0.5, 0.6) is 0 Å².